The molecule has 5 atom stereocenters. The van der Waals surface area contributed by atoms with Gasteiger partial charge in [0, 0.05) is 28.6 Å². The molecule has 2 aliphatic carbocycles. The molecule has 3 fully saturated rings. The molecule has 5 unspecified atom stereocenters. The summed E-state index contributed by atoms with van der Waals surface area (Å²) in [5, 5.41) is 0.368. The third-order valence-corrected chi connectivity index (χ3v) is 10.0. The van der Waals surface area contributed by atoms with Crippen LogP contribution in [-0.2, 0) is 14.6 Å². The number of rotatable bonds is 6. The average molecular weight is 428 g/mol. The smallest absolute Gasteiger partial charge is 0.226 e. The second-order valence-electron chi connectivity index (χ2n) is 8.55. The van der Waals surface area contributed by atoms with Gasteiger partial charge in [-0.2, -0.15) is 0 Å². The van der Waals surface area contributed by atoms with Crippen molar-refractivity contribution in [3.63, 3.8) is 0 Å². The third kappa shape index (κ3) is 3.30. The van der Waals surface area contributed by atoms with Gasteiger partial charge < -0.3 is 4.90 Å². The molecule has 0 N–H and O–H groups in total. The van der Waals surface area contributed by atoms with Gasteiger partial charge in [-0.1, -0.05) is 35.9 Å². The summed E-state index contributed by atoms with van der Waals surface area (Å²) < 4.78 is 25.6. The van der Waals surface area contributed by atoms with Crippen molar-refractivity contribution in [3.8, 4) is 0 Å². The van der Waals surface area contributed by atoms with Gasteiger partial charge in [-0.05, 0) is 55.9 Å². The van der Waals surface area contributed by atoms with Crippen LogP contribution in [0.25, 0.3) is 0 Å². The molecule has 5 rings (SSSR count). The molecule has 1 amide bonds. The Kier molecular flexibility index (Phi) is 4.74. The molecule has 152 valence electrons. The molecule has 1 saturated heterocycles. The van der Waals surface area contributed by atoms with Crippen molar-refractivity contribution in [2.75, 3.05) is 12.3 Å². The van der Waals surface area contributed by atoms with E-state index in [0.717, 1.165) is 18.4 Å². The molecular weight excluding hydrogens is 402 g/mol. The van der Waals surface area contributed by atoms with Crippen molar-refractivity contribution in [2.45, 2.75) is 40.8 Å². The number of amides is 1. The minimum Gasteiger partial charge on any atom is -0.337 e. The van der Waals surface area contributed by atoms with Crippen LogP contribution in [0.15, 0.2) is 64.4 Å². The number of sulfone groups is 1. The summed E-state index contributed by atoms with van der Waals surface area (Å²) in [5.41, 5.74) is 1.04. The highest BCUT2D eigenvalue weighted by atomic mass is 32.2. The Bertz CT molecular complexity index is 1020. The summed E-state index contributed by atoms with van der Waals surface area (Å²) in [6.07, 6.45) is 2.07. The summed E-state index contributed by atoms with van der Waals surface area (Å²) in [6.45, 7) is 2.24. The quantitative estimate of drug-likeness (QED) is 0.704. The lowest BCUT2D eigenvalue weighted by atomic mass is 9.89. The van der Waals surface area contributed by atoms with Crippen LogP contribution >= 0.6 is 11.8 Å². The predicted molar refractivity (Wildman–Crippen MR) is 115 cm³/mol. The van der Waals surface area contributed by atoms with E-state index in [0.29, 0.717) is 28.5 Å². The van der Waals surface area contributed by atoms with Crippen LogP contribution in [0.3, 0.4) is 0 Å². The molecule has 2 aromatic rings. The van der Waals surface area contributed by atoms with Crippen LogP contribution in [0.1, 0.15) is 18.4 Å². The molecule has 1 heterocycles. The van der Waals surface area contributed by atoms with Crippen LogP contribution in [0.5, 0.6) is 0 Å². The summed E-state index contributed by atoms with van der Waals surface area (Å²) in [4.78, 5) is 16.5. The first-order valence-corrected chi connectivity index (χ1v) is 12.8. The maximum Gasteiger partial charge on any atom is 0.226 e. The highest BCUT2D eigenvalue weighted by molar-refractivity contribution is 8.00. The van der Waals surface area contributed by atoms with E-state index in [1.165, 1.54) is 4.90 Å². The third-order valence-electron chi connectivity index (χ3n) is 6.84. The van der Waals surface area contributed by atoms with Crippen molar-refractivity contribution in [1.82, 2.24) is 4.90 Å². The van der Waals surface area contributed by atoms with E-state index in [1.807, 2.05) is 53.9 Å². The molecule has 2 aromatic carbocycles. The number of hydrogen-bond donors (Lipinski definition) is 0. The Hall–Kier alpha value is -1.79. The summed E-state index contributed by atoms with van der Waals surface area (Å²) in [6, 6.07) is 17.5. The predicted octanol–water partition coefficient (Wildman–Crippen LogP) is 3.80. The Morgan fingerprint density at radius 2 is 1.76 bits per heavy atom. The maximum atomic E-state index is 13.0. The first-order chi connectivity index (χ1) is 13.9. The van der Waals surface area contributed by atoms with E-state index < -0.39 is 9.84 Å². The molecule has 2 bridgehead atoms. The molecule has 4 nitrogen and oxygen atoms in total. The number of hydrogen-bond acceptors (Lipinski definition) is 4. The molecule has 1 aliphatic heterocycles. The second kappa shape index (κ2) is 7.17. The molecule has 29 heavy (non-hydrogen) atoms. The van der Waals surface area contributed by atoms with E-state index >= 15 is 0 Å². The molecule has 6 heteroatoms. The van der Waals surface area contributed by atoms with Crippen molar-refractivity contribution in [2.24, 2.45) is 17.8 Å². The SMILES string of the molecule is Cc1ccc(S(=O)(=O)CCN2C(=O)C3CC4CC3C2C4Sc2ccccc2)cc1. The standard InChI is InChI=1S/C23H25NO3S2/c1-15-7-9-18(10-8-15)29(26,27)12-11-24-21-19-13-16(14-20(19)23(24)25)22(21)28-17-5-3-2-4-6-17/h2-10,16,19-22H,11-14H2,1H3. The number of fused-ring (bicyclic) bond motifs is 1. The number of carbonyl (C=O) groups is 1. The Morgan fingerprint density at radius 3 is 2.48 bits per heavy atom. The highest BCUT2D eigenvalue weighted by Crippen LogP contribution is 2.59. The zero-order valence-corrected chi connectivity index (χ0v) is 18.0. The maximum absolute atomic E-state index is 13.0. The average Bonchev–Trinajstić information content (AvgIpc) is 3.33. The number of thioether (sulfide) groups is 1. The van der Waals surface area contributed by atoms with Crippen LogP contribution in [0.4, 0.5) is 0 Å². The normalized spacial score (nSPS) is 30.3. The number of likely N-dealkylation sites (tertiary alicyclic amines) is 1. The topological polar surface area (TPSA) is 54.5 Å². The summed E-state index contributed by atoms with van der Waals surface area (Å²) >= 11 is 1.87. The van der Waals surface area contributed by atoms with Crippen LogP contribution in [0.2, 0.25) is 0 Å². The van der Waals surface area contributed by atoms with E-state index in [9.17, 15) is 13.2 Å². The lowest BCUT2D eigenvalue weighted by Gasteiger charge is -2.31. The van der Waals surface area contributed by atoms with Gasteiger partial charge in [0.25, 0.3) is 0 Å². The Balaban J connectivity index is 1.35. The van der Waals surface area contributed by atoms with Gasteiger partial charge in [-0.15, -0.1) is 11.8 Å². The fourth-order valence-electron chi connectivity index (χ4n) is 5.49. The summed E-state index contributed by atoms with van der Waals surface area (Å²) in [7, 11) is -3.40. The van der Waals surface area contributed by atoms with Crippen molar-refractivity contribution < 1.29 is 13.2 Å². The van der Waals surface area contributed by atoms with Gasteiger partial charge in [0.15, 0.2) is 9.84 Å². The number of aryl methyl sites for hydroxylation is 1. The lowest BCUT2D eigenvalue weighted by molar-refractivity contribution is -0.131. The Labute approximate surface area is 176 Å². The first-order valence-electron chi connectivity index (χ1n) is 10.3. The van der Waals surface area contributed by atoms with Gasteiger partial charge in [-0.3, -0.25) is 4.79 Å². The number of nitrogens with zero attached hydrogens (tertiary/aromatic N) is 1. The van der Waals surface area contributed by atoms with E-state index in [2.05, 4.69) is 12.1 Å². The van der Waals surface area contributed by atoms with Crippen molar-refractivity contribution in [1.29, 1.82) is 0 Å². The van der Waals surface area contributed by atoms with E-state index in [4.69, 9.17) is 0 Å². The monoisotopic (exact) mass is 427 g/mol. The zero-order chi connectivity index (χ0) is 20.2. The van der Waals surface area contributed by atoms with E-state index in [-0.39, 0.29) is 23.6 Å². The van der Waals surface area contributed by atoms with Crippen molar-refractivity contribution in [3.05, 3.63) is 60.2 Å². The largest absolute Gasteiger partial charge is 0.337 e. The molecule has 3 aliphatic rings. The van der Waals surface area contributed by atoms with Gasteiger partial charge >= 0.3 is 0 Å². The van der Waals surface area contributed by atoms with Gasteiger partial charge in [-0.25, -0.2) is 8.42 Å². The zero-order valence-electron chi connectivity index (χ0n) is 16.4. The first kappa shape index (κ1) is 19.2. The molecular formula is C23H25NO3S2. The van der Waals surface area contributed by atoms with Crippen LogP contribution in [0, 0.1) is 24.7 Å². The highest BCUT2D eigenvalue weighted by Gasteiger charge is 2.63. The van der Waals surface area contributed by atoms with Crippen LogP contribution < -0.4 is 0 Å². The van der Waals surface area contributed by atoms with Gasteiger partial charge in [0.05, 0.1) is 10.6 Å². The molecule has 0 spiro atoms. The number of carbonyl (C=O) groups excluding carboxylic acids is 1. The van der Waals surface area contributed by atoms with Gasteiger partial charge in [0.2, 0.25) is 5.91 Å². The fourth-order valence-corrected chi connectivity index (χ4v) is 8.25. The molecule has 0 aromatic heterocycles. The minimum atomic E-state index is -3.40. The van der Waals surface area contributed by atoms with Gasteiger partial charge in [0.1, 0.15) is 0 Å². The lowest BCUT2D eigenvalue weighted by Crippen LogP contribution is -2.42. The second-order valence-corrected chi connectivity index (χ2v) is 11.9. The molecule has 0 radical (unpaired) electrons. The van der Waals surface area contributed by atoms with Crippen molar-refractivity contribution >= 4 is 27.5 Å². The summed E-state index contributed by atoms with van der Waals surface area (Å²) in [5.74, 6) is 1.24. The number of benzene rings is 2. The van der Waals surface area contributed by atoms with Crippen LogP contribution in [-0.4, -0.2) is 42.8 Å². The van der Waals surface area contributed by atoms with E-state index in [1.54, 1.807) is 12.1 Å². The fraction of sp³-hybridized carbons (Fsp3) is 0.435. The minimum absolute atomic E-state index is 0.00880. The molecule has 2 saturated carbocycles. The Morgan fingerprint density at radius 1 is 1.03 bits per heavy atom.